The third-order valence-electron chi connectivity index (χ3n) is 0.638. The molecule has 0 rings (SSSR count). The Balaban J connectivity index is 3.91. The maximum Gasteiger partial charge on any atom is 0.314 e. The highest BCUT2D eigenvalue weighted by atomic mass is 19.3. The standard InChI is InChI=1S/C4H6F3N/c1-3(8)4(6,7)2-5/h1-2,8H2. The third-order valence-corrected chi connectivity index (χ3v) is 0.638. The third kappa shape index (κ3) is 1.44. The van der Waals surface area contributed by atoms with Gasteiger partial charge in [0.15, 0.2) is 6.67 Å². The van der Waals surface area contributed by atoms with Gasteiger partial charge in [0.2, 0.25) is 0 Å². The van der Waals surface area contributed by atoms with Crippen molar-refractivity contribution in [2.45, 2.75) is 5.92 Å². The first-order chi connectivity index (χ1) is 3.50. The second-order valence-electron chi connectivity index (χ2n) is 1.36. The van der Waals surface area contributed by atoms with E-state index >= 15 is 0 Å². The van der Waals surface area contributed by atoms with Gasteiger partial charge in [0.05, 0.1) is 5.70 Å². The van der Waals surface area contributed by atoms with Crippen LogP contribution in [0, 0.1) is 0 Å². The number of hydrogen-bond donors (Lipinski definition) is 1. The molecule has 0 aliphatic heterocycles. The van der Waals surface area contributed by atoms with Crippen molar-refractivity contribution in [1.82, 2.24) is 0 Å². The van der Waals surface area contributed by atoms with E-state index in [0.29, 0.717) is 0 Å². The van der Waals surface area contributed by atoms with Gasteiger partial charge in [0.25, 0.3) is 0 Å². The average molecular weight is 125 g/mol. The Labute approximate surface area is 45.0 Å². The molecule has 8 heavy (non-hydrogen) atoms. The Kier molecular flexibility index (Phi) is 1.89. The molecule has 0 radical (unpaired) electrons. The molecular formula is C4H6F3N. The summed E-state index contributed by atoms with van der Waals surface area (Å²) in [5.74, 6) is -3.54. The highest BCUT2D eigenvalue weighted by Crippen LogP contribution is 2.18. The van der Waals surface area contributed by atoms with Gasteiger partial charge < -0.3 is 5.73 Å². The molecule has 0 amide bonds. The van der Waals surface area contributed by atoms with Crippen LogP contribution in [0.1, 0.15) is 0 Å². The summed E-state index contributed by atoms with van der Waals surface area (Å²) in [6, 6.07) is 0. The van der Waals surface area contributed by atoms with Crippen LogP contribution >= 0.6 is 0 Å². The van der Waals surface area contributed by atoms with Crippen molar-refractivity contribution in [3.8, 4) is 0 Å². The largest absolute Gasteiger partial charge is 0.398 e. The Morgan fingerprint density at radius 1 is 1.62 bits per heavy atom. The molecule has 0 aromatic heterocycles. The fraction of sp³-hybridized carbons (Fsp3) is 0.500. The molecule has 48 valence electrons. The van der Waals surface area contributed by atoms with Crippen molar-refractivity contribution in [3.05, 3.63) is 12.3 Å². The summed E-state index contributed by atoms with van der Waals surface area (Å²) in [4.78, 5) is 0. The van der Waals surface area contributed by atoms with E-state index in [1.54, 1.807) is 0 Å². The molecule has 1 nitrogen and oxygen atoms in total. The Bertz CT molecular complexity index is 99.5. The Morgan fingerprint density at radius 2 is 2.00 bits per heavy atom. The first-order valence-corrected chi connectivity index (χ1v) is 1.89. The fourth-order valence-electron chi connectivity index (χ4n) is 0.0858. The second kappa shape index (κ2) is 2.07. The summed E-state index contributed by atoms with van der Waals surface area (Å²) in [6.07, 6.45) is 0. The Morgan fingerprint density at radius 3 is 2.00 bits per heavy atom. The summed E-state index contributed by atoms with van der Waals surface area (Å²) in [7, 11) is 0. The summed E-state index contributed by atoms with van der Waals surface area (Å²) >= 11 is 0. The number of allylic oxidation sites excluding steroid dienone is 1. The van der Waals surface area contributed by atoms with Crippen LogP contribution in [-0.4, -0.2) is 12.6 Å². The van der Waals surface area contributed by atoms with E-state index in [9.17, 15) is 13.2 Å². The molecule has 4 heteroatoms. The molecule has 0 aliphatic rings. The van der Waals surface area contributed by atoms with E-state index in [2.05, 4.69) is 12.3 Å². The summed E-state index contributed by atoms with van der Waals surface area (Å²) < 4.78 is 34.5. The zero-order chi connectivity index (χ0) is 6.78. The topological polar surface area (TPSA) is 26.0 Å². The molecule has 2 N–H and O–H groups in total. The highest BCUT2D eigenvalue weighted by molar-refractivity contribution is 5.01. The quantitative estimate of drug-likeness (QED) is 0.586. The average Bonchev–Trinajstić information content (AvgIpc) is 1.67. The van der Waals surface area contributed by atoms with Gasteiger partial charge >= 0.3 is 5.92 Å². The van der Waals surface area contributed by atoms with E-state index in [4.69, 9.17) is 0 Å². The van der Waals surface area contributed by atoms with Gasteiger partial charge in [-0.3, -0.25) is 0 Å². The van der Waals surface area contributed by atoms with E-state index in [1.807, 2.05) is 0 Å². The molecule has 0 heterocycles. The SMILES string of the molecule is C=C(N)C(F)(F)CF. The lowest BCUT2D eigenvalue weighted by molar-refractivity contribution is 0.0143. The smallest absolute Gasteiger partial charge is 0.314 e. The molecule has 0 fully saturated rings. The molecular weight excluding hydrogens is 119 g/mol. The van der Waals surface area contributed by atoms with Crippen LogP contribution in [0.15, 0.2) is 12.3 Å². The predicted molar refractivity (Wildman–Crippen MR) is 24.2 cm³/mol. The number of rotatable bonds is 2. The Hall–Kier alpha value is -0.670. The van der Waals surface area contributed by atoms with Crippen molar-refractivity contribution in [2.75, 3.05) is 6.67 Å². The number of nitrogens with two attached hydrogens (primary N) is 1. The molecule has 0 aromatic carbocycles. The molecule has 0 saturated carbocycles. The van der Waals surface area contributed by atoms with E-state index < -0.39 is 18.3 Å². The van der Waals surface area contributed by atoms with Crippen LogP contribution in [0.3, 0.4) is 0 Å². The lowest BCUT2D eigenvalue weighted by atomic mass is 10.3. The minimum absolute atomic E-state index is 0.931. The van der Waals surface area contributed by atoms with Crippen LogP contribution in [0.4, 0.5) is 13.2 Å². The highest BCUT2D eigenvalue weighted by Gasteiger charge is 2.30. The van der Waals surface area contributed by atoms with Crippen LogP contribution in [0.2, 0.25) is 0 Å². The lowest BCUT2D eigenvalue weighted by Gasteiger charge is -2.09. The molecule has 0 saturated heterocycles. The van der Waals surface area contributed by atoms with Gasteiger partial charge in [0, 0.05) is 0 Å². The molecule has 0 spiro atoms. The van der Waals surface area contributed by atoms with Crippen molar-refractivity contribution in [2.24, 2.45) is 5.73 Å². The van der Waals surface area contributed by atoms with Gasteiger partial charge in [0.1, 0.15) is 0 Å². The van der Waals surface area contributed by atoms with Crippen LogP contribution in [0.5, 0.6) is 0 Å². The van der Waals surface area contributed by atoms with Gasteiger partial charge in [-0.05, 0) is 0 Å². The zero-order valence-corrected chi connectivity index (χ0v) is 4.13. The fourth-order valence-corrected chi connectivity index (χ4v) is 0.0858. The number of alkyl halides is 3. The summed E-state index contributed by atoms with van der Waals surface area (Å²) in [6.45, 7) is 0.910. The summed E-state index contributed by atoms with van der Waals surface area (Å²) in [5.41, 5.74) is 3.57. The molecule has 0 atom stereocenters. The molecule has 0 aliphatic carbocycles. The second-order valence-corrected chi connectivity index (χ2v) is 1.36. The summed E-state index contributed by atoms with van der Waals surface area (Å²) in [5, 5.41) is 0. The maximum atomic E-state index is 11.7. The van der Waals surface area contributed by atoms with Gasteiger partial charge in [-0.2, -0.15) is 8.78 Å². The van der Waals surface area contributed by atoms with Crippen molar-refractivity contribution in [1.29, 1.82) is 0 Å². The normalized spacial score (nSPS) is 11.4. The molecule has 0 aromatic rings. The molecule has 0 bridgehead atoms. The van der Waals surface area contributed by atoms with Crippen molar-refractivity contribution < 1.29 is 13.2 Å². The first kappa shape index (κ1) is 7.33. The minimum Gasteiger partial charge on any atom is -0.398 e. The number of halogens is 3. The van der Waals surface area contributed by atoms with Crippen molar-refractivity contribution in [3.63, 3.8) is 0 Å². The maximum absolute atomic E-state index is 11.7. The van der Waals surface area contributed by atoms with Crippen LogP contribution < -0.4 is 5.73 Å². The zero-order valence-electron chi connectivity index (χ0n) is 4.13. The van der Waals surface area contributed by atoms with Crippen molar-refractivity contribution >= 4 is 0 Å². The van der Waals surface area contributed by atoms with E-state index in [-0.39, 0.29) is 0 Å². The van der Waals surface area contributed by atoms with Gasteiger partial charge in [-0.1, -0.05) is 6.58 Å². The number of hydrogen-bond acceptors (Lipinski definition) is 1. The van der Waals surface area contributed by atoms with Crippen LogP contribution in [-0.2, 0) is 0 Å². The lowest BCUT2D eigenvalue weighted by Crippen LogP contribution is -2.26. The van der Waals surface area contributed by atoms with Crippen LogP contribution in [0.25, 0.3) is 0 Å². The molecule has 0 unspecified atom stereocenters. The van der Waals surface area contributed by atoms with E-state index in [0.717, 1.165) is 0 Å². The predicted octanol–water partition coefficient (Wildman–Crippen LogP) is 1.06. The van der Waals surface area contributed by atoms with Gasteiger partial charge in [-0.15, -0.1) is 0 Å². The first-order valence-electron chi connectivity index (χ1n) is 1.89. The van der Waals surface area contributed by atoms with Gasteiger partial charge in [-0.25, -0.2) is 4.39 Å². The monoisotopic (exact) mass is 125 g/mol. The van der Waals surface area contributed by atoms with E-state index in [1.165, 1.54) is 0 Å². The minimum atomic E-state index is -3.54.